The van der Waals surface area contributed by atoms with Gasteiger partial charge in [-0.3, -0.25) is 0 Å². The average molecular weight is 200 g/mol. The van der Waals surface area contributed by atoms with Gasteiger partial charge in [0.15, 0.2) is 0 Å². The topological polar surface area (TPSA) is 29.3 Å². The van der Waals surface area contributed by atoms with Crippen LogP contribution in [0.15, 0.2) is 0 Å². The number of hydrogen-bond acceptors (Lipinski definition) is 2. The number of rotatable bonds is 4. The van der Waals surface area contributed by atoms with Gasteiger partial charge in [-0.05, 0) is 45.7 Å². The molecule has 1 saturated heterocycles. The van der Waals surface area contributed by atoms with Crippen molar-refractivity contribution in [3.8, 4) is 0 Å². The van der Waals surface area contributed by atoms with Crippen LogP contribution in [0.5, 0.6) is 0 Å². The van der Waals surface area contributed by atoms with E-state index in [9.17, 15) is 0 Å². The minimum Gasteiger partial charge on any atom is -0.393 e. The second-order valence-corrected chi connectivity index (χ2v) is 4.48. The van der Waals surface area contributed by atoms with Crippen LogP contribution in [0.2, 0.25) is 0 Å². The molecule has 0 aromatic rings. The molecule has 0 radical (unpaired) electrons. The van der Waals surface area contributed by atoms with Crippen molar-refractivity contribution in [1.82, 2.24) is 4.90 Å². The van der Waals surface area contributed by atoms with Crippen LogP contribution in [0.1, 0.15) is 39.0 Å². The zero-order valence-electron chi connectivity index (χ0n) is 8.46. The molecule has 0 aliphatic carbocycles. The summed E-state index contributed by atoms with van der Waals surface area (Å²) in [5.41, 5.74) is 5.46. The van der Waals surface area contributed by atoms with Crippen molar-refractivity contribution in [2.75, 3.05) is 13.1 Å². The lowest BCUT2D eigenvalue weighted by Crippen LogP contribution is -2.38. The van der Waals surface area contributed by atoms with Crippen molar-refractivity contribution in [3.05, 3.63) is 0 Å². The van der Waals surface area contributed by atoms with E-state index >= 15 is 0 Å². The van der Waals surface area contributed by atoms with Crippen molar-refractivity contribution in [1.29, 1.82) is 0 Å². The zero-order valence-corrected chi connectivity index (χ0v) is 9.28. The van der Waals surface area contributed by atoms with E-state index in [0.29, 0.717) is 4.99 Å². The fraction of sp³-hybridized carbons (Fsp3) is 0.900. The van der Waals surface area contributed by atoms with Crippen LogP contribution in [0.4, 0.5) is 0 Å². The molecular weight excluding hydrogens is 180 g/mol. The summed E-state index contributed by atoms with van der Waals surface area (Å²) in [5.74, 6) is 0. The van der Waals surface area contributed by atoms with Crippen molar-refractivity contribution < 1.29 is 0 Å². The predicted molar refractivity (Wildman–Crippen MR) is 60.9 cm³/mol. The highest BCUT2D eigenvalue weighted by atomic mass is 32.1. The highest BCUT2D eigenvalue weighted by molar-refractivity contribution is 7.80. The van der Waals surface area contributed by atoms with Gasteiger partial charge in [0, 0.05) is 6.04 Å². The van der Waals surface area contributed by atoms with Crippen LogP contribution >= 0.6 is 12.2 Å². The summed E-state index contributed by atoms with van der Waals surface area (Å²) in [5, 5.41) is 0. The Labute approximate surface area is 86.5 Å². The Hall–Kier alpha value is -0.150. The van der Waals surface area contributed by atoms with Gasteiger partial charge in [-0.25, -0.2) is 0 Å². The summed E-state index contributed by atoms with van der Waals surface area (Å²) in [7, 11) is 0. The van der Waals surface area contributed by atoms with E-state index in [4.69, 9.17) is 18.0 Å². The number of thiocarbonyl (C=S) groups is 1. The molecular formula is C10H20N2S. The molecule has 0 aromatic heterocycles. The number of hydrogen-bond donors (Lipinski definition) is 1. The maximum Gasteiger partial charge on any atom is 0.0727 e. The van der Waals surface area contributed by atoms with Crippen molar-refractivity contribution in [3.63, 3.8) is 0 Å². The highest BCUT2D eigenvalue weighted by Crippen LogP contribution is 2.16. The van der Waals surface area contributed by atoms with E-state index in [1.54, 1.807) is 0 Å². The van der Waals surface area contributed by atoms with E-state index in [1.807, 2.05) is 0 Å². The summed E-state index contributed by atoms with van der Waals surface area (Å²) in [4.78, 5) is 3.21. The quantitative estimate of drug-likeness (QED) is 0.703. The van der Waals surface area contributed by atoms with Crippen LogP contribution < -0.4 is 5.73 Å². The number of nitrogens with two attached hydrogens (primary N) is 1. The third-order valence-corrected chi connectivity index (χ3v) is 3.01. The van der Waals surface area contributed by atoms with E-state index in [0.717, 1.165) is 18.9 Å². The van der Waals surface area contributed by atoms with E-state index in [-0.39, 0.29) is 0 Å². The first kappa shape index (κ1) is 10.9. The molecule has 0 amide bonds. The number of nitrogens with zero attached hydrogens (tertiary/aromatic N) is 1. The Kier molecular flexibility index (Phi) is 4.67. The molecule has 1 heterocycles. The molecule has 13 heavy (non-hydrogen) atoms. The summed E-state index contributed by atoms with van der Waals surface area (Å²) in [6.07, 6.45) is 6.13. The molecule has 1 aliphatic heterocycles. The summed E-state index contributed by atoms with van der Waals surface area (Å²) >= 11 is 4.85. The minimum absolute atomic E-state index is 0.657. The molecule has 3 heteroatoms. The number of likely N-dealkylation sites (tertiary alicyclic amines) is 1. The van der Waals surface area contributed by atoms with Crippen LogP contribution in [0.25, 0.3) is 0 Å². The Morgan fingerprint density at radius 3 is 2.92 bits per heavy atom. The molecule has 2 N–H and O–H groups in total. The number of piperidine rings is 1. The Morgan fingerprint density at radius 1 is 1.54 bits per heavy atom. The van der Waals surface area contributed by atoms with Gasteiger partial charge in [-0.15, -0.1) is 0 Å². The predicted octanol–water partition coefficient (Wildman–Crippen LogP) is 1.93. The van der Waals surface area contributed by atoms with Gasteiger partial charge in [-0.2, -0.15) is 0 Å². The molecule has 1 fully saturated rings. The smallest absolute Gasteiger partial charge is 0.0727 e. The van der Waals surface area contributed by atoms with Gasteiger partial charge >= 0.3 is 0 Å². The normalized spacial score (nSPS) is 24.5. The van der Waals surface area contributed by atoms with Crippen LogP contribution in [0, 0.1) is 0 Å². The Bertz CT molecular complexity index is 170. The van der Waals surface area contributed by atoms with Gasteiger partial charge in [0.1, 0.15) is 0 Å². The maximum absolute atomic E-state index is 5.46. The molecule has 0 bridgehead atoms. The third-order valence-electron chi connectivity index (χ3n) is 2.81. The van der Waals surface area contributed by atoms with Crippen molar-refractivity contribution >= 4 is 17.2 Å². The first-order chi connectivity index (χ1) is 6.20. The lowest BCUT2D eigenvalue weighted by atomic mass is 10.0. The van der Waals surface area contributed by atoms with Crippen LogP contribution in [-0.4, -0.2) is 29.0 Å². The molecule has 76 valence electrons. The fourth-order valence-electron chi connectivity index (χ4n) is 1.95. The van der Waals surface area contributed by atoms with Gasteiger partial charge in [0.25, 0.3) is 0 Å². The van der Waals surface area contributed by atoms with E-state index < -0.39 is 0 Å². The van der Waals surface area contributed by atoms with Gasteiger partial charge in [-0.1, -0.05) is 18.6 Å². The standard InChI is InChI=1S/C10H20N2S/c1-9-5-2-3-7-12(9)8-4-6-10(11)13/h9H,2-8H2,1H3,(H2,11,13). The van der Waals surface area contributed by atoms with Gasteiger partial charge < -0.3 is 10.6 Å². The van der Waals surface area contributed by atoms with Gasteiger partial charge in [0.2, 0.25) is 0 Å². The summed E-state index contributed by atoms with van der Waals surface area (Å²) < 4.78 is 0. The largest absolute Gasteiger partial charge is 0.393 e. The molecule has 1 unspecified atom stereocenters. The molecule has 0 saturated carbocycles. The van der Waals surface area contributed by atoms with Crippen molar-refractivity contribution in [2.45, 2.75) is 45.1 Å². The highest BCUT2D eigenvalue weighted by Gasteiger charge is 2.16. The molecule has 0 spiro atoms. The lowest BCUT2D eigenvalue weighted by molar-refractivity contribution is 0.160. The second kappa shape index (κ2) is 5.55. The monoisotopic (exact) mass is 200 g/mol. The fourth-order valence-corrected chi connectivity index (χ4v) is 2.09. The third kappa shape index (κ3) is 4.05. The minimum atomic E-state index is 0.657. The second-order valence-electron chi connectivity index (χ2n) is 3.95. The maximum atomic E-state index is 5.46. The first-order valence-electron chi connectivity index (χ1n) is 5.22. The summed E-state index contributed by atoms with van der Waals surface area (Å²) in [6, 6.07) is 0.764. The zero-order chi connectivity index (χ0) is 9.68. The Balaban J connectivity index is 2.15. The Morgan fingerprint density at radius 2 is 2.31 bits per heavy atom. The lowest BCUT2D eigenvalue weighted by Gasteiger charge is -2.33. The van der Waals surface area contributed by atoms with E-state index in [2.05, 4.69) is 11.8 Å². The average Bonchev–Trinajstić information content (AvgIpc) is 2.08. The first-order valence-corrected chi connectivity index (χ1v) is 5.63. The van der Waals surface area contributed by atoms with Gasteiger partial charge in [0.05, 0.1) is 4.99 Å². The molecule has 1 atom stereocenters. The molecule has 0 aromatic carbocycles. The molecule has 1 aliphatic rings. The van der Waals surface area contributed by atoms with Crippen LogP contribution in [-0.2, 0) is 0 Å². The molecule has 1 rings (SSSR count). The van der Waals surface area contributed by atoms with Crippen molar-refractivity contribution in [2.24, 2.45) is 5.73 Å². The summed E-state index contributed by atoms with van der Waals surface area (Å²) in [6.45, 7) is 4.75. The molecule has 2 nitrogen and oxygen atoms in total. The SMILES string of the molecule is CC1CCCCN1CCCC(N)=S. The van der Waals surface area contributed by atoms with Crippen LogP contribution in [0.3, 0.4) is 0 Å². The van der Waals surface area contributed by atoms with E-state index in [1.165, 1.54) is 32.4 Å².